The molecule has 0 aliphatic carbocycles. The lowest BCUT2D eigenvalue weighted by Crippen LogP contribution is -2.39. The molecule has 17 heteroatoms. The number of anilines is 1. The van der Waals surface area contributed by atoms with Crippen LogP contribution in [0.3, 0.4) is 0 Å². The molecule has 1 fully saturated rings. The van der Waals surface area contributed by atoms with E-state index in [2.05, 4.69) is 20.0 Å². The summed E-state index contributed by atoms with van der Waals surface area (Å²) in [6.45, 7) is 11.4. The number of hydrogen-bond acceptors (Lipinski definition) is 14. The molecule has 5 unspecified atom stereocenters. The first-order valence-electron chi connectivity index (χ1n) is 16.3. The zero-order valence-corrected chi connectivity index (χ0v) is 30.6. The van der Waals surface area contributed by atoms with Crippen LogP contribution in [0.4, 0.5) is 5.95 Å². The Hall–Kier alpha value is -3.11. The quantitative estimate of drug-likeness (QED) is 0.0941. The number of nitrogens with one attached hydrogen (secondary N) is 1. The van der Waals surface area contributed by atoms with E-state index in [4.69, 9.17) is 34.7 Å². The van der Waals surface area contributed by atoms with Crippen molar-refractivity contribution in [3.05, 3.63) is 42.2 Å². The van der Waals surface area contributed by atoms with Crippen LogP contribution < -0.4 is 21.3 Å². The Bertz CT molecular complexity index is 1610. The zero-order chi connectivity index (χ0) is 35.8. The van der Waals surface area contributed by atoms with Gasteiger partial charge in [-0.25, -0.2) is 14.6 Å². The lowest BCUT2D eigenvalue weighted by atomic mass is 9.97. The molecule has 5 atom stereocenters. The highest BCUT2D eigenvalue weighted by molar-refractivity contribution is 8.13. The van der Waals surface area contributed by atoms with Crippen LogP contribution in [0.15, 0.2) is 36.7 Å². The van der Waals surface area contributed by atoms with Gasteiger partial charge in [-0.15, -0.1) is 0 Å². The van der Waals surface area contributed by atoms with Crippen LogP contribution in [0.25, 0.3) is 11.2 Å². The third-order valence-corrected chi connectivity index (χ3v) is 10.6. The average Bonchev–Trinajstić information content (AvgIpc) is 3.66. The van der Waals surface area contributed by atoms with E-state index in [9.17, 15) is 14.2 Å². The number of fused-ring (bicyclic) bond motifs is 1. The van der Waals surface area contributed by atoms with E-state index in [1.165, 1.54) is 0 Å². The maximum Gasteiger partial charge on any atom is 0.405 e. The van der Waals surface area contributed by atoms with Gasteiger partial charge in [-0.1, -0.05) is 62.9 Å². The summed E-state index contributed by atoms with van der Waals surface area (Å²) in [6.07, 6.45) is 1.37. The maximum absolute atomic E-state index is 13.9. The number of rotatable bonds is 18. The summed E-state index contributed by atoms with van der Waals surface area (Å²) in [4.78, 5) is 38.1. The summed E-state index contributed by atoms with van der Waals surface area (Å²) in [5.74, 6) is -0.0476. The molecular weight excluding hydrogens is 673 g/mol. The minimum atomic E-state index is -3.85. The fraction of sp³-hybridized carbons (Fsp3) is 0.594. The Balaban J connectivity index is 1.35. The van der Waals surface area contributed by atoms with Gasteiger partial charge in [0, 0.05) is 18.2 Å². The van der Waals surface area contributed by atoms with Crippen LogP contribution in [-0.4, -0.2) is 74.9 Å². The van der Waals surface area contributed by atoms with Gasteiger partial charge >= 0.3 is 13.7 Å². The van der Waals surface area contributed by atoms with Gasteiger partial charge in [0.2, 0.25) is 11.8 Å². The molecule has 3 heterocycles. The molecule has 0 radical (unpaired) electrons. The molecule has 1 aliphatic rings. The number of ether oxygens (including phenoxy) is 3. The van der Waals surface area contributed by atoms with Crippen molar-refractivity contribution in [2.24, 2.45) is 23.0 Å². The number of carbonyl (C=O) groups excluding carboxylic acids is 2. The molecule has 15 nitrogen and oxygen atoms in total. The fourth-order valence-corrected chi connectivity index (χ4v) is 7.21. The van der Waals surface area contributed by atoms with Crippen LogP contribution in [0, 0.1) is 17.3 Å². The standard InChI is InChI=1S/C32H48N7O8PS/c1-7-43-27-25-26(37-31(34)38-27)39(19-35-25)28-21(4)15-23(47-28)17-46-48(42,36-16-22-11-9-8-10-12-22)45-13-14-49-30(41)32(5,6)18-44-29(40)24(33)20(2)3/h8-12,19-21,23-24,28H,7,13-18,33H2,1-6H3,(H,36,42)(H2,34,37,38). The largest absolute Gasteiger partial charge is 0.476 e. The highest BCUT2D eigenvalue weighted by atomic mass is 32.2. The Labute approximate surface area is 291 Å². The summed E-state index contributed by atoms with van der Waals surface area (Å²) in [5.41, 5.74) is 12.7. The number of imidazole rings is 1. The third kappa shape index (κ3) is 10.5. The van der Waals surface area contributed by atoms with Crippen molar-refractivity contribution in [2.45, 2.75) is 72.9 Å². The molecule has 2 aromatic heterocycles. The predicted molar refractivity (Wildman–Crippen MR) is 186 cm³/mol. The Morgan fingerprint density at radius 2 is 1.94 bits per heavy atom. The first-order chi connectivity index (χ1) is 23.2. The van der Waals surface area contributed by atoms with Crippen LogP contribution in [0.2, 0.25) is 0 Å². The van der Waals surface area contributed by atoms with E-state index in [0.29, 0.717) is 30.1 Å². The predicted octanol–water partition coefficient (Wildman–Crippen LogP) is 4.47. The van der Waals surface area contributed by atoms with Gasteiger partial charge < -0.3 is 25.7 Å². The average molecular weight is 722 g/mol. The number of thioether (sulfide) groups is 1. The molecule has 5 N–H and O–H groups in total. The van der Waals surface area contributed by atoms with E-state index < -0.39 is 37.5 Å². The monoisotopic (exact) mass is 721 g/mol. The maximum atomic E-state index is 13.9. The molecule has 270 valence electrons. The number of hydrogen-bond donors (Lipinski definition) is 3. The molecule has 1 aliphatic heterocycles. The second-order valence-corrected chi connectivity index (χ2v) is 15.7. The van der Waals surface area contributed by atoms with E-state index >= 15 is 0 Å². The van der Waals surface area contributed by atoms with Crippen LogP contribution >= 0.6 is 19.5 Å². The van der Waals surface area contributed by atoms with Gasteiger partial charge in [0.15, 0.2) is 16.3 Å². The molecule has 3 aromatic rings. The van der Waals surface area contributed by atoms with Gasteiger partial charge in [-0.2, -0.15) is 9.97 Å². The van der Waals surface area contributed by atoms with Crippen molar-refractivity contribution in [3.63, 3.8) is 0 Å². The van der Waals surface area contributed by atoms with Gasteiger partial charge in [0.25, 0.3) is 0 Å². The van der Waals surface area contributed by atoms with E-state index in [1.807, 2.05) is 58.0 Å². The van der Waals surface area contributed by atoms with Crippen LogP contribution in [0.1, 0.15) is 59.8 Å². The lowest BCUT2D eigenvalue weighted by molar-refractivity contribution is -0.150. The molecular formula is C32H48N7O8PS. The molecule has 0 spiro atoms. The lowest BCUT2D eigenvalue weighted by Gasteiger charge is -2.24. The minimum Gasteiger partial charge on any atom is -0.476 e. The molecule has 4 rings (SSSR count). The van der Waals surface area contributed by atoms with Gasteiger partial charge in [0.05, 0.1) is 37.7 Å². The van der Waals surface area contributed by atoms with E-state index in [0.717, 1.165) is 17.3 Å². The topological polar surface area (TPSA) is 205 Å². The summed E-state index contributed by atoms with van der Waals surface area (Å²) in [5, 5.41) is 2.73. The number of aromatic nitrogens is 4. The second kappa shape index (κ2) is 17.2. The molecule has 1 saturated heterocycles. The van der Waals surface area contributed by atoms with Crippen LogP contribution in [-0.2, 0) is 39.2 Å². The number of nitrogen functional groups attached to an aromatic ring is 1. The van der Waals surface area contributed by atoms with Crippen molar-refractivity contribution in [1.29, 1.82) is 0 Å². The van der Waals surface area contributed by atoms with Crippen molar-refractivity contribution < 1.29 is 37.4 Å². The molecule has 0 bridgehead atoms. The Kier molecular flexibility index (Phi) is 13.6. The summed E-state index contributed by atoms with van der Waals surface area (Å²) in [7, 11) is -3.85. The third-order valence-electron chi connectivity index (χ3n) is 7.86. The molecule has 49 heavy (non-hydrogen) atoms. The van der Waals surface area contributed by atoms with Crippen molar-refractivity contribution in [3.8, 4) is 5.88 Å². The summed E-state index contributed by atoms with van der Waals surface area (Å²) >= 11 is 1.00. The first-order valence-corrected chi connectivity index (χ1v) is 18.8. The van der Waals surface area contributed by atoms with Crippen molar-refractivity contribution >= 4 is 47.7 Å². The van der Waals surface area contributed by atoms with Gasteiger partial charge in [0.1, 0.15) is 18.9 Å². The van der Waals surface area contributed by atoms with Crippen molar-refractivity contribution in [2.75, 3.05) is 37.9 Å². The molecule has 0 amide bonds. The molecule has 0 saturated carbocycles. The van der Waals surface area contributed by atoms with Gasteiger partial charge in [-0.3, -0.25) is 23.2 Å². The summed E-state index contributed by atoms with van der Waals surface area (Å²) in [6, 6.07) is 8.67. The highest BCUT2D eigenvalue weighted by Gasteiger charge is 2.37. The number of nitrogens with two attached hydrogens (primary N) is 2. The highest BCUT2D eigenvalue weighted by Crippen LogP contribution is 2.46. The normalized spacial score (nSPS) is 20.0. The van der Waals surface area contributed by atoms with Gasteiger partial charge in [-0.05, 0) is 38.7 Å². The number of nitrogens with zero attached hydrogens (tertiary/aromatic N) is 4. The second-order valence-electron chi connectivity index (χ2n) is 12.8. The fourth-order valence-electron chi connectivity index (χ4n) is 4.96. The zero-order valence-electron chi connectivity index (χ0n) is 28.9. The Morgan fingerprint density at radius 3 is 2.63 bits per heavy atom. The summed E-state index contributed by atoms with van der Waals surface area (Å²) < 4.78 is 44.7. The van der Waals surface area contributed by atoms with E-state index in [1.54, 1.807) is 24.7 Å². The van der Waals surface area contributed by atoms with Crippen LogP contribution in [0.5, 0.6) is 5.88 Å². The first kappa shape index (κ1) is 38.7. The number of esters is 1. The molecule has 1 aromatic carbocycles. The Morgan fingerprint density at radius 1 is 1.20 bits per heavy atom. The number of carbonyl (C=O) groups is 2. The number of benzene rings is 1. The van der Waals surface area contributed by atoms with Crippen molar-refractivity contribution in [1.82, 2.24) is 24.6 Å². The smallest absolute Gasteiger partial charge is 0.405 e. The SMILES string of the molecule is CCOc1nc(N)nc2c1ncn2C1OC(COP(=O)(NCc2ccccc2)OCCSC(=O)C(C)(C)COC(=O)C(N)C(C)C)CC1C. The van der Waals surface area contributed by atoms with E-state index in [-0.39, 0.29) is 55.0 Å². The minimum absolute atomic E-state index is 0.0170.